The summed E-state index contributed by atoms with van der Waals surface area (Å²) in [5.41, 5.74) is 5.84. The van der Waals surface area contributed by atoms with Gasteiger partial charge in [0.05, 0.1) is 0 Å². The van der Waals surface area contributed by atoms with Gasteiger partial charge in [-0.15, -0.1) is 25.6 Å². The number of hydrogen-bond donors (Lipinski definition) is 2. The van der Waals surface area contributed by atoms with E-state index in [-0.39, 0.29) is 24.2 Å². The summed E-state index contributed by atoms with van der Waals surface area (Å²) < 4.78 is 0. The molecule has 0 atom stereocenters. The molecule has 4 heteroatoms. The summed E-state index contributed by atoms with van der Waals surface area (Å²) in [6, 6.07) is 0.625. The van der Waals surface area contributed by atoms with Gasteiger partial charge in [-0.1, -0.05) is 12.2 Å². The van der Waals surface area contributed by atoms with E-state index in [9.17, 15) is 4.79 Å². The number of nitrogens with two attached hydrogens (primary N) is 1. The molecule has 1 amide bonds. The van der Waals surface area contributed by atoms with Crippen LogP contribution in [0.5, 0.6) is 0 Å². The van der Waals surface area contributed by atoms with Crippen LogP contribution in [0.15, 0.2) is 25.3 Å². The number of carbonyl (C=O) groups is 1. The molecular formula is C14H25ClN2O. The fraction of sp³-hybridized carbons (Fsp3) is 0.643. The normalized spacial score (nSPS) is 23.0. The number of carbonyl (C=O) groups excluding carboxylic acids is 1. The van der Waals surface area contributed by atoms with E-state index in [1.165, 1.54) is 0 Å². The third-order valence-electron chi connectivity index (χ3n) is 3.39. The van der Waals surface area contributed by atoms with Crippen LogP contribution in [0.25, 0.3) is 0 Å². The zero-order valence-electron chi connectivity index (χ0n) is 10.9. The van der Waals surface area contributed by atoms with Crippen molar-refractivity contribution in [1.29, 1.82) is 0 Å². The van der Waals surface area contributed by atoms with Gasteiger partial charge in [-0.2, -0.15) is 0 Å². The fourth-order valence-electron chi connectivity index (χ4n) is 2.30. The first-order valence-corrected chi connectivity index (χ1v) is 6.45. The Kier molecular flexibility index (Phi) is 8.77. The van der Waals surface area contributed by atoms with Crippen molar-refractivity contribution in [3.05, 3.63) is 25.3 Å². The first kappa shape index (κ1) is 17.2. The molecule has 0 heterocycles. The van der Waals surface area contributed by atoms with Crippen LogP contribution >= 0.6 is 12.4 Å². The van der Waals surface area contributed by atoms with E-state index in [4.69, 9.17) is 5.73 Å². The molecule has 0 unspecified atom stereocenters. The molecular weight excluding hydrogens is 248 g/mol. The van der Waals surface area contributed by atoms with Crippen molar-refractivity contribution in [2.75, 3.05) is 0 Å². The van der Waals surface area contributed by atoms with Crippen molar-refractivity contribution >= 4 is 18.3 Å². The summed E-state index contributed by atoms with van der Waals surface area (Å²) in [7, 11) is 0. The standard InChI is InChI=1S/C14H24N2O.ClH/c1-3-5-11(6-4-2)14(17)16-13-9-7-12(15)8-10-13;/h3-4,11-13H,1-2,5-10,15H2,(H,16,17);1H. The molecule has 1 rings (SSSR count). The Bertz CT molecular complexity index is 263. The fourth-order valence-corrected chi connectivity index (χ4v) is 2.30. The van der Waals surface area contributed by atoms with Gasteiger partial charge in [0.2, 0.25) is 5.91 Å². The van der Waals surface area contributed by atoms with Crippen LogP contribution in [-0.2, 0) is 4.79 Å². The van der Waals surface area contributed by atoms with E-state index in [1.807, 2.05) is 0 Å². The number of hydrogen-bond acceptors (Lipinski definition) is 2. The molecule has 0 saturated heterocycles. The average Bonchev–Trinajstić information content (AvgIpc) is 2.32. The van der Waals surface area contributed by atoms with Crippen LogP contribution in [0.1, 0.15) is 38.5 Å². The first-order chi connectivity index (χ1) is 8.17. The highest BCUT2D eigenvalue weighted by molar-refractivity contribution is 5.85. The molecule has 104 valence electrons. The topological polar surface area (TPSA) is 55.1 Å². The lowest BCUT2D eigenvalue weighted by Gasteiger charge is -2.28. The summed E-state index contributed by atoms with van der Waals surface area (Å²) in [6.45, 7) is 7.38. The van der Waals surface area contributed by atoms with Gasteiger partial charge in [-0.3, -0.25) is 4.79 Å². The van der Waals surface area contributed by atoms with Crippen molar-refractivity contribution in [3.63, 3.8) is 0 Å². The quantitative estimate of drug-likeness (QED) is 0.730. The van der Waals surface area contributed by atoms with Gasteiger partial charge < -0.3 is 11.1 Å². The molecule has 1 fully saturated rings. The Hall–Kier alpha value is -0.800. The lowest BCUT2D eigenvalue weighted by molar-refractivity contribution is -0.125. The van der Waals surface area contributed by atoms with E-state index >= 15 is 0 Å². The third kappa shape index (κ3) is 5.69. The molecule has 0 radical (unpaired) electrons. The molecule has 3 N–H and O–H groups in total. The summed E-state index contributed by atoms with van der Waals surface area (Å²) in [5, 5.41) is 3.12. The van der Waals surface area contributed by atoms with Crippen molar-refractivity contribution in [2.45, 2.75) is 50.6 Å². The average molecular weight is 273 g/mol. The van der Waals surface area contributed by atoms with E-state index in [1.54, 1.807) is 12.2 Å². The summed E-state index contributed by atoms with van der Waals surface area (Å²) in [5.74, 6) is 0.117. The van der Waals surface area contributed by atoms with Gasteiger partial charge >= 0.3 is 0 Å². The van der Waals surface area contributed by atoms with Crippen molar-refractivity contribution in [3.8, 4) is 0 Å². The van der Waals surface area contributed by atoms with Crippen LogP contribution in [-0.4, -0.2) is 18.0 Å². The number of nitrogens with one attached hydrogen (secondary N) is 1. The predicted octanol–water partition coefficient (Wildman–Crippen LogP) is 2.56. The largest absolute Gasteiger partial charge is 0.353 e. The van der Waals surface area contributed by atoms with Gasteiger partial charge in [0.15, 0.2) is 0 Å². The van der Waals surface area contributed by atoms with Gasteiger partial charge in [0.25, 0.3) is 0 Å². The van der Waals surface area contributed by atoms with Crippen LogP contribution in [0.3, 0.4) is 0 Å². The second kappa shape index (κ2) is 9.17. The van der Waals surface area contributed by atoms with Gasteiger partial charge in [0, 0.05) is 18.0 Å². The Labute approximate surface area is 116 Å². The third-order valence-corrected chi connectivity index (χ3v) is 3.39. The van der Waals surface area contributed by atoms with Gasteiger partial charge in [0.1, 0.15) is 0 Å². The van der Waals surface area contributed by atoms with Crippen LogP contribution in [0.4, 0.5) is 0 Å². The van der Waals surface area contributed by atoms with Crippen molar-refractivity contribution in [2.24, 2.45) is 11.7 Å². The smallest absolute Gasteiger partial charge is 0.223 e. The zero-order chi connectivity index (χ0) is 12.7. The highest BCUT2D eigenvalue weighted by atomic mass is 35.5. The molecule has 0 aromatic carbocycles. The highest BCUT2D eigenvalue weighted by Gasteiger charge is 2.23. The maximum atomic E-state index is 12.0. The molecule has 0 aromatic heterocycles. The molecule has 18 heavy (non-hydrogen) atoms. The maximum Gasteiger partial charge on any atom is 0.223 e. The van der Waals surface area contributed by atoms with Crippen LogP contribution in [0.2, 0.25) is 0 Å². The summed E-state index contributed by atoms with van der Waals surface area (Å²) >= 11 is 0. The Morgan fingerprint density at radius 1 is 1.22 bits per heavy atom. The highest BCUT2D eigenvalue weighted by Crippen LogP contribution is 2.18. The molecule has 0 aliphatic heterocycles. The number of amides is 1. The Morgan fingerprint density at radius 2 is 1.72 bits per heavy atom. The summed E-state index contributed by atoms with van der Waals surface area (Å²) in [4.78, 5) is 12.0. The van der Waals surface area contributed by atoms with Crippen LogP contribution < -0.4 is 11.1 Å². The minimum absolute atomic E-state index is 0. The van der Waals surface area contributed by atoms with E-state index < -0.39 is 0 Å². The SMILES string of the molecule is C=CCC(CC=C)C(=O)NC1CCC(N)CC1.Cl. The molecule has 1 aliphatic rings. The molecule has 0 bridgehead atoms. The van der Waals surface area contributed by atoms with E-state index in [0.29, 0.717) is 24.9 Å². The lowest BCUT2D eigenvalue weighted by atomic mass is 9.91. The Balaban J connectivity index is 0.00000289. The van der Waals surface area contributed by atoms with E-state index in [0.717, 1.165) is 25.7 Å². The van der Waals surface area contributed by atoms with Gasteiger partial charge in [-0.05, 0) is 38.5 Å². The zero-order valence-corrected chi connectivity index (χ0v) is 11.8. The lowest BCUT2D eigenvalue weighted by Crippen LogP contribution is -2.42. The Morgan fingerprint density at radius 3 is 2.17 bits per heavy atom. The molecule has 3 nitrogen and oxygen atoms in total. The molecule has 1 saturated carbocycles. The first-order valence-electron chi connectivity index (χ1n) is 6.45. The number of rotatable bonds is 6. The monoisotopic (exact) mass is 272 g/mol. The second-order valence-corrected chi connectivity index (χ2v) is 4.87. The minimum Gasteiger partial charge on any atom is -0.353 e. The number of allylic oxidation sites excluding steroid dienone is 2. The van der Waals surface area contributed by atoms with Crippen LogP contribution in [0, 0.1) is 5.92 Å². The predicted molar refractivity (Wildman–Crippen MR) is 78.7 cm³/mol. The van der Waals surface area contributed by atoms with Crippen molar-refractivity contribution in [1.82, 2.24) is 5.32 Å². The molecule has 0 spiro atoms. The second-order valence-electron chi connectivity index (χ2n) is 4.87. The van der Waals surface area contributed by atoms with Gasteiger partial charge in [-0.25, -0.2) is 0 Å². The molecule has 0 aromatic rings. The maximum absolute atomic E-state index is 12.0. The van der Waals surface area contributed by atoms with E-state index in [2.05, 4.69) is 18.5 Å². The summed E-state index contributed by atoms with van der Waals surface area (Å²) in [6.07, 6.45) is 9.05. The number of halogens is 1. The molecule has 1 aliphatic carbocycles. The van der Waals surface area contributed by atoms with Crippen molar-refractivity contribution < 1.29 is 4.79 Å². The minimum atomic E-state index is -0.0133.